The van der Waals surface area contributed by atoms with Gasteiger partial charge in [0.2, 0.25) is 0 Å². The van der Waals surface area contributed by atoms with Crippen LogP contribution in [0.1, 0.15) is 24.2 Å². The standard InChI is InChI=1S/C25H18F3N5O/c1-15(32-23-22-19(30-14-31-23)11-6-12-29-22)20-13-16-7-5-10-18(25(26,27)28)21(16)24(34)33(20)17-8-3-2-4-9-17/h2-15H,1H3,(H,30,31,32). The number of pyridine rings is 2. The molecule has 0 saturated heterocycles. The molecule has 1 atom stereocenters. The molecule has 5 rings (SSSR count). The fraction of sp³-hybridized carbons (Fsp3) is 0.120. The van der Waals surface area contributed by atoms with Crippen molar-refractivity contribution >= 4 is 27.6 Å². The number of nitrogens with one attached hydrogen (secondary N) is 1. The van der Waals surface area contributed by atoms with Gasteiger partial charge in [-0.2, -0.15) is 13.2 Å². The summed E-state index contributed by atoms with van der Waals surface area (Å²) in [6, 6.07) is 17.0. The summed E-state index contributed by atoms with van der Waals surface area (Å²) in [6.45, 7) is 1.81. The molecule has 0 aliphatic rings. The number of alkyl halides is 3. The average molecular weight is 461 g/mol. The maximum absolute atomic E-state index is 13.7. The monoisotopic (exact) mass is 461 g/mol. The minimum atomic E-state index is -4.66. The number of fused-ring (bicyclic) bond motifs is 2. The molecule has 34 heavy (non-hydrogen) atoms. The Balaban J connectivity index is 1.74. The van der Waals surface area contributed by atoms with E-state index in [9.17, 15) is 18.0 Å². The lowest BCUT2D eigenvalue weighted by molar-refractivity contribution is -0.136. The first-order valence-corrected chi connectivity index (χ1v) is 10.5. The van der Waals surface area contributed by atoms with Gasteiger partial charge in [-0.05, 0) is 48.7 Å². The second-order valence-corrected chi connectivity index (χ2v) is 7.77. The Kier molecular flexibility index (Phi) is 5.24. The van der Waals surface area contributed by atoms with E-state index in [0.717, 1.165) is 6.07 Å². The van der Waals surface area contributed by atoms with E-state index < -0.39 is 23.3 Å². The molecule has 3 heterocycles. The van der Waals surface area contributed by atoms with Crippen molar-refractivity contribution in [2.24, 2.45) is 0 Å². The number of rotatable bonds is 4. The lowest BCUT2D eigenvalue weighted by Crippen LogP contribution is -2.27. The molecule has 2 aromatic carbocycles. The second-order valence-electron chi connectivity index (χ2n) is 7.77. The van der Waals surface area contributed by atoms with Crippen molar-refractivity contribution in [3.05, 3.63) is 101 Å². The third-order valence-electron chi connectivity index (χ3n) is 5.59. The Morgan fingerprint density at radius 1 is 0.941 bits per heavy atom. The van der Waals surface area contributed by atoms with E-state index in [1.54, 1.807) is 54.7 Å². The maximum atomic E-state index is 13.7. The van der Waals surface area contributed by atoms with Crippen LogP contribution in [0.5, 0.6) is 0 Å². The van der Waals surface area contributed by atoms with Gasteiger partial charge in [0.15, 0.2) is 5.82 Å². The third-order valence-corrected chi connectivity index (χ3v) is 5.59. The number of hydrogen-bond donors (Lipinski definition) is 1. The van der Waals surface area contributed by atoms with Crippen molar-refractivity contribution < 1.29 is 13.2 Å². The van der Waals surface area contributed by atoms with Gasteiger partial charge in [0.25, 0.3) is 5.56 Å². The molecule has 1 unspecified atom stereocenters. The summed E-state index contributed by atoms with van der Waals surface area (Å²) in [7, 11) is 0. The molecule has 0 aliphatic heterocycles. The number of para-hydroxylation sites is 1. The molecule has 0 aliphatic carbocycles. The highest BCUT2D eigenvalue weighted by molar-refractivity contribution is 5.87. The Hall–Kier alpha value is -4.27. The molecule has 0 saturated carbocycles. The lowest BCUT2D eigenvalue weighted by Gasteiger charge is -2.22. The average Bonchev–Trinajstić information content (AvgIpc) is 2.83. The zero-order valence-electron chi connectivity index (χ0n) is 17.9. The summed E-state index contributed by atoms with van der Waals surface area (Å²) in [5.41, 5.74) is 0.418. The van der Waals surface area contributed by atoms with Crippen LogP contribution in [0, 0.1) is 0 Å². The van der Waals surface area contributed by atoms with Crippen LogP contribution in [0.2, 0.25) is 0 Å². The van der Waals surface area contributed by atoms with Crippen LogP contribution in [0.3, 0.4) is 0 Å². The number of anilines is 1. The minimum absolute atomic E-state index is 0.210. The molecule has 0 spiro atoms. The van der Waals surface area contributed by atoms with E-state index in [1.165, 1.54) is 23.0 Å². The van der Waals surface area contributed by atoms with Gasteiger partial charge in [0, 0.05) is 17.6 Å². The highest BCUT2D eigenvalue weighted by Gasteiger charge is 2.34. The summed E-state index contributed by atoms with van der Waals surface area (Å²) < 4.78 is 42.5. The molecule has 6 nitrogen and oxygen atoms in total. The molecule has 0 radical (unpaired) electrons. The second kappa shape index (κ2) is 8.26. The number of halogens is 3. The summed E-state index contributed by atoms with van der Waals surface area (Å²) >= 11 is 0. The highest BCUT2D eigenvalue weighted by Crippen LogP contribution is 2.34. The largest absolute Gasteiger partial charge is 0.417 e. The zero-order chi connectivity index (χ0) is 23.9. The summed E-state index contributed by atoms with van der Waals surface area (Å²) in [6.07, 6.45) is -1.64. The first kappa shape index (κ1) is 21.6. The van der Waals surface area contributed by atoms with Gasteiger partial charge in [0.05, 0.1) is 22.5 Å². The van der Waals surface area contributed by atoms with E-state index in [0.29, 0.717) is 28.2 Å². The number of hydrogen-bond acceptors (Lipinski definition) is 5. The fourth-order valence-electron chi connectivity index (χ4n) is 4.06. The van der Waals surface area contributed by atoms with Crippen molar-refractivity contribution in [3.63, 3.8) is 0 Å². The molecule has 3 aromatic heterocycles. The van der Waals surface area contributed by atoms with E-state index >= 15 is 0 Å². The molecule has 0 fully saturated rings. The van der Waals surface area contributed by atoms with Gasteiger partial charge in [-0.25, -0.2) is 9.97 Å². The van der Waals surface area contributed by atoms with Crippen molar-refractivity contribution in [3.8, 4) is 5.69 Å². The molecular formula is C25H18F3N5O. The van der Waals surface area contributed by atoms with Crippen LogP contribution >= 0.6 is 0 Å². The Bertz CT molecular complexity index is 1560. The van der Waals surface area contributed by atoms with Crippen molar-refractivity contribution in [2.75, 3.05) is 5.32 Å². The van der Waals surface area contributed by atoms with Crippen molar-refractivity contribution in [1.29, 1.82) is 0 Å². The molecule has 9 heteroatoms. The predicted octanol–water partition coefficient (Wildman–Crippen LogP) is 5.52. The Labute approximate surface area is 191 Å². The fourth-order valence-corrected chi connectivity index (χ4v) is 4.06. The van der Waals surface area contributed by atoms with Gasteiger partial charge in [-0.1, -0.05) is 30.3 Å². The van der Waals surface area contributed by atoms with Crippen LogP contribution < -0.4 is 10.9 Å². The molecule has 0 amide bonds. The maximum Gasteiger partial charge on any atom is 0.417 e. The van der Waals surface area contributed by atoms with E-state index in [2.05, 4.69) is 20.3 Å². The Morgan fingerprint density at radius 2 is 1.74 bits per heavy atom. The van der Waals surface area contributed by atoms with Gasteiger partial charge < -0.3 is 5.32 Å². The molecule has 1 N–H and O–H groups in total. The van der Waals surface area contributed by atoms with Gasteiger partial charge in [-0.3, -0.25) is 14.3 Å². The highest BCUT2D eigenvalue weighted by atomic mass is 19.4. The topological polar surface area (TPSA) is 72.7 Å². The van der Waals surface area contributed by atoms with Crippen LogP contribution in [0.4, 0.5) is 19.0 Å². The van der Waals surface area contributed by atoms with Crippen LogP contribution in [0.15, 0.2) is 84.0 Å². The first-order valence-electron chi connectivity index (χ1n) is 10.5. The Morgan fingerprint density at radius 3 is 2.50 bits per heavy atom. The van der Waals surface area contributed by atoms with Gasteiger partial charge >= 0.3 is 6.18 Å². The summed E-state index contributed by atoms with van der Waals surface area (Å²) in [4.78, 5) is 26.4. The van der Waals surface area contributed by atoms with Gasteiger partial charge in [-0.15, -0.1) is 0 Å². The van der Waals surface area contributed by atoms with Gasteiger partial charge in [0.1, 0.15) is 11.8 Å². The molecule has 0 bridgehead atoms. The minimum Gasteiger partial charge on any atom is -0.360 e. The first-order chi connectivity index (χ1) is 16.3. The molecule has 5 aromatic rings. The summed E-state index contributed by atoms with van der Waals surface area (Å²) in [5, 5.41) is 3.09. The van der Waals surface area contributed by atoms with E-state index in [1.807, 2.05) is 6.92 Å². The molecule has 170 valence electrons. The third kappa shape index (κ3) is 3.75. The lowest BCUT2D eigenvalue weighted by atomic mass is 10.0. The number of benzene rings is 2. The SMILES string of the molecule is CC(Nc1ncnc2cccnc12)c1cc2cccc(C(F)(F)F)c2c(=O)n1-c1ccccc1. The molecular weight excluding hydrogens is 443 g/mol. The van der Waals surface area contributed by atoms with Crippen LogP contribution in [-0.4, -0.2) is 19.5 Å². The van der Waals surface area contributed by atoms with E-state index in [-0.39, 0.29) is 10.8 Å². The summed E-state index contributed by atoms with van der Waals surface area (Å²) in [5.74, 6) is 0.453. The smallest absolute Gasteiger partial charge is 0.360 e. The van der Waals surface area contributed by atoms with Crippen molar-refractivity contribution in [1.82, 2.24) is 19.5 Å². The predicted molar refractivity (Wildman–Crippen MR) is 124 cm³/mol. The quantitative estimate of drug-likeness (QED) is 0.382. The normalized spacial score (nSPS) is 12.7. The zero-order valence-corrected chi connectivity index (χ0v) is 17.9. The number of aromatic nitrogens is 4. The number of nitrogens with zero attached hydrogens (tertiary/aromatic N) is 4. The van der Waals surface area contributed by atoms with Crippen LogP contribution in [0.25, 0.3) is 27.5 Å². The van der Waals surface area contributed by atoms with E-state index in [4.69, 9.17) is 0 Å². The van der Waals surface area contributed by atoms with Crippen LogP contribution in [-0.2, 0) is 6.18 Å². The van der Waals surface area contributed by atoms with Crippen molar-refractivity contribution in [2.45, 2.75) is 19.1 Å².